The molecule has 1 heterocycles. The van der Waals surface area contributed by atoms with Crippen LogP contribution in [0.5, 0.6) is 5.75 Å². The lowest BCUT2D eigenvalue weighted by Crippen LogP contribution is -2.54. The highest BCUT2D eigenvalue weighted by Crippen LogP contribution is 2.24. The van der Waals surface area contributed by atoms with E-state index in [0.29, 0.717) is 36.9 Å². The van der Waals surface area contributed by atoms with Crippen LogP contribution >= 0.6 is 0 Å². The number of fused-ring (bicyclic) bond motifs is 4. The number of ether oxygens (including phenoxy) is 2. The molecule has 0 spiro atoms. The van der Waals surface area contributed by atoms with Gasteiger partial charge < -0.3 is 30.5 Å². The van der Waals surface area contributed by atoms with Crippen molar-refractivity contribution in [1.29, 1.82) is 0 Å². The Morgan fingerprint density at radius 1 is 1.04 bits per heavy atom. The van der Waals surface area contributed by atoms with Gasteiger partial charge in [-0.05, 0) is 78.6 Å². The quantitative estimate of drug-likeness (QED) is 0.219. The Morgan fingerprint density at radius 3 is 2.35 bits per heavy atom. The maximum Gasteiger partial charge on any atom is 0.251 e. The monoisotopic (exact) mass is 740 g/mol. The number of halogens is 1. The highest BCUT2D eigenvalue weighted by atomic mass is 32.2. The van der Waals surface area contributed by atoms with Crippen molar-refractivity contribution in [2.75, 3.05) is 31.3 Å². The minimum Gasteiger partial charge on any atom is -0.491 e. The van der Waals surface area contributed by atoms with Crippen LogP contribution in [0, 0.1) is 11.7 Å². The Morgan fingerprint density at radius 2 is 1.71 bits per heavy atom. The molecule has 0 saturated carbocycles. The number of nitrogens with zero attached hydrogens (tertiary/aromatic N) is 1. The number of aliphatic hydroxyl groups excluding tert-OH is 1. The van der Waals surface area contributed by atoms with E-state index in [9.17, 15) is 32.3 Å². The van der Waals surface area contributed by atoms with Crippen molar-refractivity contribution in [3.8, 4) is 5.75 Å². The fourth-order valence-corrected chi connectivity index (χ4v) is 6.37. The molecule has 0 aromatic heterocycles. The van der Waals surface area contributed by atoms with Gasteiger partial charge in [0.05, 0.1) is 24.1 Å². The lowest BCUT2D eigenvalue weighted by Gasteiger charge is -2.28. The first-order chi connectivity index (χ1) is 24.6. The van der Waals surface area contributed by atoms with E-state index >= 15 is 0 Å². The lowest BCUT2D eigenvalue weighted by molar-refractivity contribution is -0.137. The van der Waals surface area contributed by atoms with Crippen LogP contribution in [0.15, 0.2) is 66.7 Å². The van der Waals surface area contributed by atoms with Gasteiger partial charge in [-0.2, -0.15) is 0 Å². The predicted molar refractivity (Wildman–Crippen MR) is 196 cm³/mol. The van der Waals surface area contributed by atoms with Crippen LogP contribution in [-0.4, -0.2) is 82.6 Å². The number of anilines is 1. The highest BCUT2D eigenvalue weighted by molar-refractivity contribution is 7.92. The van der Waals surface area contributed by atoms with Crippen LogP contribution in [-0.2, 0) is 43.7 Å². The highest BCUT2D eigenvalue weighted by Gasteiger charge is 2.32. The molecule has 1 aliphatic heterocycles. The van der Waals surface area contributed by atoms with Gasteiger partial charge in [0.2, 0.25) is 21.8 Å². The van der Waals surface area contributed by atoms with E-state index < -0.39 is 51.9 Å². The number of carbonyl (C=O) groups is 3. The topological polar surface area (TPSA) is 163 Å². The zero-order valence-electron chi connectivity index (χ0n) is 30.2. The number of aliphatic hydroxyl groups is 1. The number of hydrogen-bond donors (Lipinski definition) is 4. The maximum absolute atomic E-state index is 14.6. The molecule has 4 atom stereocenters. The second-order valence-electron chi connectivity index (χ2n) is 13.5. The minimum absolute atomic E-state index is 0.156. The average molecular weight is 741 g/mol. The van der Waals surface area contributed by atoms with E-state index in [2.05, 4.69) is 16.0 Å². The molecule has 0 aliphatic carbocycles. The summed E-state index contributed by atoms with van der Waals surface area (Å²) in [5.74, 6) is -2.23. The number of aryl methyl sites for hydroxylation is 2. The van der Waals surface area contributed by atoms with E-state index in [1.165, 1.54) is 32.4 Å². The SMILES string of the molecule is CO[C@H](C[C@H](O)[C@@H]1COc2cc(F)cc(c2)CCCCc2cc(cc(N(C)S(C)(=O)=O)c2)C(=O)N1)C(=O)N[C@H](C(=O)NCc1ccccc1)C(C)C. The molecule has 4 bridgehead atoms. The number of methoxy groups -OCH3 is 1. The molecule has 0 radical (unpaired) electrons. The maximum atomic E-state index is 14.6. The minimum atomic E-state index is -3.65. The molecular weight excluding hydrogens is 692 g/mol. The molecule has 0 fully saturated rings. The molecule has 3 amide bonds. The van der Waals surface area contributed by atoms with Gasteiger partial charge in [0.1, 0.15) is 30.3 Å². The van der Waals surface area contributed by atoms with Crippen molar-refractivity contribution in [2.24, 2.45) is 5.92 Å². The Balaban J connectivity index is 1.57. The summed E-state index contributed by atoms with van der Waals surface area (Å²) < 4.78 is 51.8. The average Bonchev–Trinajstić information content (AvgIpc) is 3.10. The molecule has 282 valence electrons. The third-order valence-corrected chi connectivity index (χ3v) is 10.2. The Kier molecular flexibility index (Phi) is 14.2. The summed E-state index contributed by atoms with van der Waals surface area (Å²) in [6.45, 7) is 3.55. The molecule has 3 aromatic carbocycles. The second kappa shape index (κ2) is 18.3. The molecule has 0 saturated heterocycles. The second-order valence-corrected chi connectivity index (χ2v) is 15.5. The Labute approximate surface area is 305 Å². The first-order valence-corrected chi connectivity index (χ1v) is 19.1. The molecule has 3 aromatic rings. The van der Waals surface area contributed by atoms with Gasteiger partial charge in [0.25, 0.3) is 5.91 Å². The van der Waals surface area contributed by atoms with Gasteiger partial charge in [-0.15, -0.1) is 0 Å². The van der Waals surface area contributed by atoms with Gasteiger partial charge in [-0.1, -0.05) is 44.2 Å². The summed E-state index contributed by atoms with van der Waals surface area (Å²) in [6, 6.07) is 16.5. The first kappa shape index (κ1) is 40.2. The van der Waals surface area contributed by atoms with E-state index in [4.69, 9.17) is 9.47 Å². The van der Waals surface area contributed by atoms with Crippen molar-refractivity contribution < 1.29 is 41.8 Å². The van der Waals surface area contributed by atoms with Crippen molar-refractivity contribution in [3.05, 3.63) is 94.8 Å². The Bertz CT molecular complexity index is 1810. The molecule has 1 aliphatic rings. The molecule has 4 rings (SSSR count). The lowest BCUT2D eigenvalue weighted by atomic mass is 10.00. The largest absolute Gasteiger partial charge is 0.491 e. The van der Waals surface area contributed by atoms with Crippen LogP contribution < -0.4 is 25.0 Å². The van der Waals surface area contributed by atoms with Gasteiger partial charge in [-0.25, -0.2) is 12.8 Å². The number of benzene rings is 3. The van der Waals surface area contributed by atoms with Crippen molar-refractivity contribution >= 4 is 33.4 Å². The van der Waals surface area contributed by atoms with Crippen LogP contribution in [0.2, 0.25) is 0 Å². The summed E-state index contributed by atoms with van der Waals surface area (Å²) >= 11 is 0. The van der Waals surface area contributed by atoms with Crippen LogP contribution in [0.3, 0.4) is 0 Å². The smallest absolute Gasteiger partial charge is 0.251 e. The fraction of sp³-hybridized carbons (Fsp3) is 0.447. The summed E-state index contributed by atoms with van der Waals surface area (Å²) in [7, 11) is -0.958. The van der Waals surface area contributed by atoms with Gasteiger partial charge >= 0.3 is 0 Å². The van der Waals surface area contributed by atoms with Gasteiger partial charge in [0.15, 0.2) is 0 Å². The number of carbonyl (C=O) groups excluding carboxylic acids is 3. The summed E-state index contributed by atoms with van der Waals surface area (Å²) in [4.78, 5) is 40.4. The molecular formula is C38H49FN4O8S. The molecule has 0 unspecified atom stereocenters. The van der Waals surface area contributed by atoms with Gasteiger partial charge in [0, 0.05) is 38.8 Å². The summed E-state index contributed by atoms with van der Waals surface area (Å²) in [6.07, 6.45) is 0.582. The number of rotatable bonds is 12. The molecule has 4 N–H and O–H groups in total. The Hall–Kier alpha value is -4.53. The summed E-state index contributed by atoms with van der Waals surface area (Å²) in [5, 5.41) is 19.9. The number of hydrogen-bond acceptors (Lipinski definition) is 8. The van der Waals surface area contributed by atoms with Crippen molar-refractivity contribution in [1.82, 2.24) is 16.0 Å². The third-order valence-electron chi connectivity index (χ3n) is 9.01. The zero-order valence-corrected chi connectivity index (χ0v) is 31.0. The number of nitrogens with one attached hydrogen (secondary N) is 3. The standard InChI is InChI=1S/C38H49FN4O8S/c1-24(2)35(38(47)40-22-25-11-7-6-8-12-25)42-37(46)34(50-4)21-33(44)32-23-51-31-18-27(16-29(39)20-31)14-10-9-13-26-15-28(36(45)41-32)19-30(17-26)43(3)52(5,48)49/h6-8,11-12,15-20,24,32-35,44H,9-10,13-14,21-23H2,1-5H3,(H,40,47)(H,41,45)(H,42,46)/t32-,33-,34+,35-/m0/s1. The van der Waals surface area contributed by atoms with Crippen molar-refractivity contribution in [2.45, 2.75) is 76.8 Å². The third kappa shape index (κ3) is 11.5. The van der Waals surface area contributed by atoms with Crippen molar-refractivity contribution in [3.63, 3.8) is 0 Å². The van der Waals surface area contributed by atoms with E-state index in [1.54, 1.807) is 32.0 Å². The number of sulfonamides is 1. The predicted octanol–water partition coefficient (Wildman–Crippen LogP) is 3.50. The molecule has 52 heavy (non-hydrogen) atoms. The van der Waals surface area contributed by atoms with E-state index in [1.807, 2.05) is 30.3 Å². The van der Waals surface area contributed by atoms with Crippen LogP contribution in [0.1, 0.15) is 60.2 Å². The molecule has 14 heteroatoms. The number of amides is 3. The molecule has 12 nitrogen and oxygen atoms in total. The van der Waals surface area contributed by atoms with E-state index in [-0.39, 0.29) is 42.7 Å². The first-order valence-electron chi connectivity index (χ1n) is 17.3. The summed E-state index contributed by atoms with van der Waals surface area (Å²) in [5.41, 5.74) is 2.78. The zero-order chi connectivity index (χ0) is 38.0. The van der Waals surface area contributed by atoms with Gasteiger partial charge in [-0.3, -0.25) is 18.7 Å². The van der Waals surface area contributed by atoms with Crippen LogP contribution in [0.4, 0.5) is 10.1 Å². The fourth-order valence-electron chi connectivity index (χ4n) is 5.89. The van der Waals surface area contributed by atoms with E-state index in [0.717, 1.165) is 21.7 Å². The normalized spacial score (nSPS) is 17.0. The van der Waals surface area contributed by atoms with Crippen LogP contribution in [0.25, 0.3) is 0 Å².